The predicted molar refractivity (Wildman–Crippen MR) is 66.7 cm³/mol. The van der Waals surface area contributed by atoms with E-state index in [1.165, 1.54) is 14.0 Å². The topological polar surface area (TPSA) is 87.1 Å². The van der Waals surface area contributed by atoms with E-state index in [2.05, 4.69) is 4.74 Å². The maximum Gasteiger partial charge on any atom is 0.337 e. The minimum absolute atomic E-state index is 0.0514. The number of benzene rings is 1. The van der Waals surface area contributed by atoms with Crippen molar-refractivity contribution in [3.05, 3.63) is 29.8 Å². The number of esters is 1. The lowest BCUT2D eigenvalue weighted by Crippen LogP contribution is -2.28. The molecule has 0 saturated carbocycles. The maximum atomic E-state index is 11.3. The van der Waals surface area contributed by atoms with Crippen molar-refractivity contribution in [2.75, 3.05) is 18.6 Å². The van der Waals surface area contributed by atoms with Gasteiger partial charge in [-0.3, -0.25) is 15.3 Å². The highest BCUT2D eigenvalue weighted by atomic mass is 17.0. The second-order valence-corrected chi connectivity index (χ2v) is 3.31. The van der Waals surface area contributed by atoms with E-state index in [0.717, 1.165) is 0 Å². The molecule has 0 atom stereocenters. The quantitative estimate of drug-likeness (QED) is 0.489. The number of methoxy groups -OCH3 is 1. The summed E-state index contributed by atoms with van der Waals surface area (Å²) in [6, 6.07) is 6.82. The van der Waals surface area contributed by atoms with Crippen LogP contribution in [0.5, 0.6) is 0 Å². The molecule has 0 radical (unpaired) electrons. The van der Waals surface area contributed by atoms with Crippen molar-refractivity contribution >= 4 is 17.6 Å². The van der Waals surface area contributed by atoms with Gasteiger partial charge in [0.1, 0.15) is 0 Å². The van der Waals surface area contributed by atoms with Crippen LogP contribution >= 0.6 is 0 Å². The molecule has 0 aliphatic rings. The Balaban J connectivity index is 0.00000137. The summed E-state index contributed by atoms with van der Waals surface area (Å²) < 4.78 is 4.62. The van der Waals surface area contributed by atoms with E-state index in [1.807, 2.05) is 6.92 Å². The zero-order valence-electron chi connectivity index (χ0n) is 10.6. The van der Waals surface area contributed by atoms with Crippen molar-refractivity contribution in [3.63, 3.8) is 0 Å². The Bertz CT molecular complexity index is 405. The molecule has 0 saturated heterocycles. The van der Waals surface area contributed by atoms with Gasteiger partial charge >= 0.3 is 5.97 Å². The fourth-order valence-corrected chi connectivity index (χ4v) is 1.51. The molecule has 1 aromatic carbocycles. The molecule has 6 heteroatoms. The molecule has 0 aliphatic heterocycles. The number of hydrogen-bond donors (Lipinski definition) is 2. The van der Waals surface area contributed by atoms with E-state index in [4.69, 9.17) is 10.5 Å². The number of nitrogens with zero attached hydrogens (tertiary/aromatic N) is 1. The van der Waals surface area contributed by atoms with E-state index in [9.17, 15) is 9.59 Å². The molecule has 0 aromatic heterocycles. The molecule has 0 aliphatic carbocycles. The largest absolute Gasteiger partial charge is 0.465 e. The summed E-state index contributed by atoms with van der Waals surface area (Å²) in [6.45, 7) is 3.94. The number of amides is 1. The Morgan fingerprint density at radius 1 is 1.33 bits per heavy atom. The van der Waals surface area contributed by atoms with Gasteiger partial charge in [0, 0.05) is 19.2 Å². The molecule has 1 aromatic rings. The zero-order chi connectivity index (χ0) is 14.1. The van der Waals surface area contributed by atoms with E-state index in [-0.39, 0.29) is 5.91 Å². The minimum atomic E-state index is -0.401. The van der Waals surface area contributed by atoms with Crippen LogP contribution in [0, 0.1) is 0 Å². The molecule has 2 N–H and O–H groups in total. The third kappa shape index (κ3) is 4.15. The molecule has 0 heterocycles. The first-order chi connectivity index (χ1) is 8.60. The second-order valence-electron chi connectivity index (χ2n) is 3.31. The molecule has 0 unspecified atom stereocenters. The Morgan fingerprint density at radius 2 is 1.94 bits per heavy atom. The van der Waals surface area contributed by atoms with E-state index >= 15 is 0 Å². The van der Waals surface area contributed by atoms with E-state index < -0.39 is 5.97 Å². The van der Waals surface area contributed by atoms with E-state index in [1.54, 1.807) is 29.2 Å². The minimum Gasteiger partial charge on any atom is -0.465 e. The van der Waals surface area contributed by atoms with Crippen molar-refractivity contribution < 1.29 is 24.8 Å². The van der Waals surface area contributed by atoms with Gasteiger partial charge in [0.2, 0.25) is 5.91 Å². The molecule has 6 nitrogen and oxygen atoms in total. The Kier molecular flexibility index (Phi) is 7.34. The lowest BCUT2D eigenvalue weighted by Gasteiger charge is -2.19. The van der Waals surface area contributed by atoms with Gasteiger partial charge in [-0.05, 0) is 25.1 Å². The van der Waals surface area contributed by atoms with Crippen molar-refractivity contribution in [2.24, 2.45) is 0 Å². The van der Waals surface area contributed by atoms with E-state index in [0.29, 0.717) is 17.8 Å². The van der Waals surface area contributed by atoms with Crippen LogP contribution in [0.3, 0.4) is 0 Å². The van der Waals surface area contributed by atoms with Crippen LogP contribution in [0.15, 0.2) is 24.3 Å². The number of rotatable bonds is 3. The Morgan fingerprint density at radius 3 is 2.39 bits per heavy atom. The number of ether oxygens (including phenoxy) is 1. The Labute approximate surface area is 105 Å². The van der Waals surface area contributed by atoms with Gasteiger partial charge in [0.05, 0.1) is 12.7 Å². The fourth-order valence-electron chi connectivity index (χ4n) is 1.51. The van der Waals surface area contributed by atoms with Crippen LogP contribution in [0.4, 0.5) is 5.69 Å². The third-order valence-electron chi connectivity index (χ3n) is 2.28. The lowest BCUT2D eigenvalue weighted by atomic mass is 10.2. The highest BCUT2D eigenvalue weighted by Gasteiger charge is 2.11. The van der Waals surface area contributed by atoms with Gasteiger partial charge in [0.15, 0.2) is 0 Å². The third-order valence-corrected chi connectivity index (χ3v) is 2.28. The highest BCUT2D eigenvalue weighted by molar-refractivity contribution is 5.95. The molecule has 0 spiro atoms. The summed E-state index contributed by atoms with van der Waals surface area (Å²) in [5.74, 6) is -0.453. The maximum absolute atomic E-state index is 11.3. The molecule has 1 amide bonds. The van der Waals surface area contributed by atoms with Crippen molar-refractivity contribution in [3.8, 4) is 0 Å². The lowest BCUT2D eigenvalue weighted by molar-refractivity contribution is -0.176. The first-order valence-corrected chi connectivity index (χ1v) is 5.26. The molecule has 100 valence electrons. The molecule has 18 heavy (non-hydrogen) atoms. The number of carbonyl (C=O) groups excluding carboxylic acids is 2. The van der Waals surface area contributed by atoms with Crippen LogP contribution in [0.25, 0.3) is 0 Å². The van der Waals surface area contributed by atoms with Crippen LogP contribution in [0.1, 0.15) is 24.2 Å². The average molecular weight is 255 g/mol. The molecule has 0 fully saturated rings. The summed E-state index contributed by atoms with van der Waals surface area (Å²) in [5, 5.41) is 12.0. The van der Waals surface area contributed by atoms with Crippen molar-refractivity contribution in [1.82, 2.24) is 0 Å². The first kappa shape index (κ1) is 16.1. The van der Waals surface area contributed by atoms with Gasteiger partial charge in [-0.15, -0.1) is 0 Å². The van der Waals surface area contributed by atoms with Gasteiger partial charge in [-0.25, -0.2) is 4.79 Å². The number of carbonyl (C=O) groups is 2. The van der Waals surface area contributed by atoms with Gasteiger partial charge in [-0.2, -0.15) is 0 Å². The normalized spacial score (nSPS) is 8.94. The summed E-state index contributed by atoms with van der Waals surface area (Å²) in [6.07, 6.45) is 0. The molecule has 0 bridgehead atoms. The fraction of sp³-hybridized carbons (Fsp3) is 0.333. The summed E-state index contributed by atoms with van der Waals surface area (Å²) >= 11 is 0. The Hall–Kier alpha value is -1.92. The highest BCUT2D eigenvalue weighted by Crippen LogP contribution is 2.16. The zero-order valence-corrected chi connectivity index (χ0v) is 10.6. The second kappa shape index (κ2) is 8.21. The monoisotopic (exact) mass is 255 g/mol. The first-order valence-electron chi connectivity index (χ1n) is 5.26. The van der Waals surface area contributed by atoms with Crippen LogP contribution in [-0.2, 0) is 9.53 Å². The van der Waals surface area contributed by atoms with Crippen LogP contribution in [-0.4, -0.2) is 36.0 Å². The number of hydrogen-bond acceptors (Lipinski definition) is 5. The SMILES string of the molecule is CCN(C(C)=O)c1cccc(C(=O)OC)c1.OO. The predicted octanol–water partition coefficient (Wildman–Crippen LogP) is 1.86. The van der Waals surface area contributed by atoms with Crippen LogP contribution in [0.2, 0.25) is 0 Å². The average Bonchev–Trinajstić information content (AvgIpc) is 2.41. The van der Waals surface area contributed by atoms with Gasteiger partial charge < -0.3 is 9.64 Å². The van der Waals surface area contributed by atoms with Gasteiger partial charge in [-0.1, -0.05) is 6.07 Å². The summed E-state index contributed by atoms with van der Waals surface area (Å²) in [5.41, 5.74) is 1.15. The molecule has 1 rings (SSSR count). The standard InChI is InChI=1S/C12H15NO3.H2O2/c1-4-13(9(2)14)11-7-5-6-10(8-11)12(15)16-3;1-2/h5-8H,4H2,1-3H3;1-2H. The van der Waals surface area contributed by atoms with Crippen LogP contribution < -0.4 is 4.90 Å². The smallest absolute Gasteiger partial charge is 0.337 e. The van der Waals surface area contributed by atoms with Gasteiger partial charge in [0.25, 0.3) is 0 Å². The van der Waals surface area contributed by atoms with Crippen molar-refractivity contribution in [2.45, 2.75) is 13.8 Å². The summed E-state index contributed by atoms with van der Waals surface area (Å²) in [7, 11) is 1.33. The summed E-state index contributed by atoms with van der Waals surface area (Å²) in [4.78, 5) is 24.2. The van der Waals surface area contributed by atoms with Crippen molar-refractivity contribution in [1.29, 1.82) is 0 Å². The molecular formula is C12H17NO5. The molecular weight excluding hydrogens is 238 g/mol. The number of anilines is 1.